The van der Waals surface area contributed by atoms with Crippen molar-refractivity contribution in [2.45, 2.75) is 45.6 Å². The van der Waals surface area contributed by atoms with Crippen LogP contribution >= 0.6 is 0 Å². The highest BCUT2D eigenvalue weighted by Gasteiger charge is 2.27. The van der Waals surface area contributed by atoms with Crippen molar-refractivity contribution in [1.82, 2.24) is 5.32 Å². The molecule has 2 rings (SSSR count). The van der Waals surface area contributed by atoms with Crippen molar-refractivity contribution in [3.05, 3.63) is 35.4 Å². The van der Waals surface area contributed by atoms with E-state index in [2.05, 4.69) is 31.0 Å². The molecular weight excluding hydrogens is 262 g/mol. The zero-order valence-electron chi connectivity index (χ0n) is 12.8. The topological polar surface area (TPSA) is 49.3 Å². The van der Waals surface area contributed by atoms with Crippen molar-refractivity contribution in [2.24, 2.45) is 5.41 Å². The van der Waals surface area contributed by atoms with Crippen LogP contribution in [0.1, 0.15) is 55.5 Å². The molecule has 0 heterocycles. The van der Waals surface area contributed by atoms with Gasteiger partial charge in [-0.3, -0.25) is 4.79 Å². The van der Waals surface area contributed by atoms with Crippen LogP contribution in [0.15, 0.2) is 24.3 Å². The minimum absolute atomic E-state index is 0.0349. The number of hydrogen-bond donors (Lipinski definition) is 2. The Kier molecular flexibility index (Phi) is 5.03. The van der Waals surface area contributed by atoms with Crippen molar-refractivity contribution in [3.63, 3.8) is 0 Å². The lowest BCUT2D eigenvalue weighted by molar-refractivity contribution is 0.0909. The van der Waals surface area contributed by atoms with E-state index in [1.54, 1.807) is 12.1 Å². The summed E-state index contributed by atoms with van der Waals surface area (Å²) in [5.74, 6) is 5.38. The van der Waals surface area contributed by atoms with Gasteiger partial charge in [0.15, 0.2) is 0 Å². The third-order valence-electron chi connectivity index (χ3n) is 4.11. The monoisotopic (exact) mass is 285 g/mol. The number of nitrogens with one attached hydrogen (secondary N) is 1. The van der Waals surface area contributed by atoms with Crippen LogP contribution in [0.3, 0.4) is 0 Å². The molecule has 3 heteroatoms. The summed E-state index contributed by atoms with van der Waals surface area (Å²) in [4.78, 5) is 12.3. The fourth-order valence-corrected chi connectivity index (χ4v) is 2.69. The molecule has 0 saturated heterocycles. The molecule has 3 nitrogen and oxygen atoms in total. The van der Waals surface area contributed by atoms with Gasteiger partial charge < -0.3 is 10.4 Å². The Hall–Kier alpha value is -1.79. The molecule has 1 aliphatic rings. The Morgan fingerprint density at radius 2 is 2.10 bits per heavy atom. The Morgan fingerprint density at radius 3 is 2.76 bits per heavy atom. The summed E-state index contributed by atoms with van der Waals surface area (Å²) in [5.41, 5.74) is 1.78. The SMILES string of the molecule is CC1(C)CCC(NC(=O)c2cccc(C#CCO)c2)CC1. The molecule has 1 fully saturated rings. The third-order valence-corrected chi connectivity index (χ3v) is 4.11. The molecule has 0 unspecified atom stereocenters. The average Bonchev–Trinajstić information content (AvgIpc) is 2.47. The molecule has 1 saturated carbocycles. The van der Waals surface area contributed by atoms with Crippen LogP contribution in [-0.2, 0) is 0 Å². The van der Waals surface area contributed by atoms with Crippen molar-refractivity contribution in [1.29, 1.82) is 0 Å². The Morgan fingerprint density at radius 1 is 1.38 bits per heavy atom. The summed E-state index contributed by atoms with van der Waals surface area (Å²) in [6, 6.07) is 7.50. The Balaban J connectivity index is 1.97. The van der Waals surface area contributed by atoms with E-state index in [-0.39, 0.29) is 18.6 Å². The van der Waals surface area contributed by atoms with E-state index in [9.17, 15) is 4.79 Å². The Labute approximate surface area is 126 Å². The van der Waals surface area contributed by atoms with Crippen LogP contribution in [0.2, 0.25) is 0 Å². The highest BCUT2D eigenvalue weighted by atomic mass is 16.2. The van der Waals surface area contributed by atoms with Crippen LogP contribution in [0.4, 0.5) is 0 Å². The van der Waals surface area contributed by atoms with Crippen LogP contribution in [0, 0.1) is 17.3 Å². The normalized spacial score (nSPS) is 17.7. The zero-order valence-corrected chi connectivity index (χ0v) is 12.8. The molecule has 1 aromatic carbocycles. The summed E-state index contributed by atoms with van der Waals surface area (Å²) in [6.45, 7) is 4.40. The molecule has 0 radical (unpaired) electrons. The van der Waals surface area contributed by atoms with E-state index in [0.29, 0.717) is 11.0 Å². The van der Waals surface area contributed by atoms with Gasteiger partial charge in [0.2, 0.25) is 0 Å². The number of rotatable bonds is 2. The lowest BCUT2D eigenvalue weighted by atomic mass is 9.75. The van der Waals surface area contributed by atoms with Crippen LogP contribution < -0.4 is 5.32 Å². The van der Waals surface area contributed by atoms with E-state index < -0.39 is 0 Å². The van der Waals surface area contributed by atoms with Gasteiger partial charge in [0, 0.05) is 17.2 Å². The average molecular weight is 285 g/mol. The van der Waals surface area contributed by atoms with Crippen LogP contribution in [-0.4, -0.2) is 23.7 Å². The first-order chi connectivity index (χ1) is 10.00. The fourth-order valence-electron chi connectivity index (χ4n) is 2.69. The standard InChI is InChI=1S/C18H23NO2/c1-18(2)10-8-16(9-11-18)19-17(21)15-7-3-5-14(13-15)6-4-12-20/h3,5,7,13,16,20H,8-12H2,1-2H3,(H,19,21). The molecule has 0 spiro atoms. The predicted molar refractivity (Wildman–Crippen MR) is 83.9 cm³/mol. The molecule has 0 bridgehead atoms. The number of carbonyl (C=O) groups is 1. The maximum absolute atomic E-state index is 12.3. The van der Waals surface area contributed by atoms with Crippen LogP contribution in [0.25, 0.3) is 0 Å². The van der Waals surface area contributed by atoms with Gasteiger partial charge in [-0.25, -0.2) is 0 Å². The molecule has 1 amide bonds. The second kappa shape index (κ2) is 6.78. The maximum atomic E-state index is 12.3. The first-order valence-corrected chi connectivity index (χ1v) is 7.51. The van der Waals surface area contributed by atoms with Gasteiger partial charge in [0.25, 0.3) is 5.91 Å². The smallest absolute Gasteiger partial charge is 0.251 e. The molecule has 2 N–H and O–H groups in total. The van der Waals surface area contributed by atoms with Crippen molar-refractivity contribution in [2.75, 3.05) is 6.61 Å². The first kappa shape index (κ1) is 15.6. The number of carbonyl (C=O) groups excluding carboxylic acids is 1. The second-order valence-electron chi connectivity index (χ2n) is 6.45. The highest BCUT2D eigenvalue weighted by molar-refractivity contribution is 5.94. The minimum atomic E-state index is -0.172. The van der Waals surface area contributed by atoms with Crippen LogP contribution in [0.5, 0.6) is 0 Å². The molecule has 0 aromatic heterocycles. The second-order valence-corrected chi connectivity index (χ2v) is 6.45. The lowest BCUT2D eigenvalue weighted by Crippen LogP contribution is -2.39. The maximum Gasteiger partial charge on any atom is 0.251 e. The quantitative estimate of drug-likeness (QED) is 0.821. The molecule has 21 heavy (non-hydrogen) atoms. The molecule has 0 aliphatic heterocycles. The van der Waals surface area contributed by atoms with Crippen molar-refractivity contribution >= 4 is 5.91 Å². The molecule has 1 aromatic rings. The van der Waals surface area contributed by atoms with Gasteiger partial charge in [0.05, 0.1) is 0 Å². The number of benzene rings is 1. The summed E-state index contributed by atoms with van der Waals surface area (Å²) < 4.78 is 0. The molecule has 112 valence electrons. The summed E-state index contributed by atoms with van der Waals surface area (Å²) in [6.07, 6.45) is 4.39. The number of hydrogen-bond acceptors (Lipinski definition) is 2. The van der Waals surface area contributed by atoms with Gasteiger partial charge >= 0.3 is 0 Å². The molecule has 0 atom stereocenters. The highest BCUT2D eigenvalue weighted by Crippen LogP contribution is 2.35. The lowest BCUT2D eigenvalue weighted by Gasteiger charge is -2.34. The number of aliphatic hydroxyl groups excluding tert-OH is 1. The summed E-state index contributed by atoms with van der Waals surface area (Å²) in [5, 5.41) is 11.8. The van der Waals surface area contributed by atoms with E-state index in [1.165, 1.54) is 0 Å². The van der Waals surface area contributed by atoms with Gasteiger partial charge in [-0.05, 0) is 49.3 Å². The minimum Gasteiger partial charge on any atom is -0.384 e. The summed E-state index contributed by atoms with van der Waals surface area (Å²) in [7, 11) is 0. The fraction of sp³-hybridized carbons (Fsp3) is 0.500. The zero-order chi connectivity index (χ0) is 15.3. The predicted octanol–water partition coefficient (Wildman–Crippen LogP) is 2.73. The van der Waals surface area contributed by atoms with Gasteiger partial charge in [-0.2, -0.15) is 0 Å². The molecule has 1 aliphatic carbocycles. The Bertz CT molecular complexity index is 556. The van der Waals surface area contributed by atoms with Gasteiger partial charge in [-0.15, -0.1) is 0 Å². The number of amides is 1. The van der Waals surface area contributed by atoms with E-state index >= 15 is 0 Å². The van der Waals surface area contributed by atoms with E-state index in [0.717, 1.165) is 31.2 Å². The third kappa shape index (κ3) is 4.61. The van der Waals surface area contributed by atoms with Crippen molar-refractivity contribution in [3.8, 4) is 11.8 Å². The van der Waals surface area contributed by atoms with Gasteiger partial charge in [0.1, 0.15) is 6.61 Å². The van der Waals surface area contributed by atoms with E-state index in [1.807, 2.05) is 12.1 Å². The summed E-state index contributed by atoms with van der Waals surface area (Å²) >= 11 is 0. The largest absolute Gasteiger partial charge is 0.384 e. The molecular formula is C18H23NO2. The number of aliphatic hydroxyl groups is 1. The van der Waals surface area contributed by atoms with Gasteiger partial charge in [-0.1, -0.05) is 31.8 Å². The van der Waals surface area contributed by atoms with Crippen molar-refractivity contribution < 1.29 is 9.90 Å². The van der Waals surface area contributed by atoms with E-state index in [4.69, 9.17) is 5.11 Å². The first-order valence-electron chi connectivity index (χ1n) is 7.51.